The van der Waals surface area contributed by atoms with Gasteiger partial charge in [0.25, 0.3) is 0 Å². The first-order chi connectivity index (χ1) is 12.1. The number of nitrogens with one attached hydrogen (secondary N) is 2. The first kappa shape index (κ1) is 16.9. The van der Waals surface area contributed by atoms with E-state index >= 15 is 0 Å². The van der Waals surface area contributed by atoms with Crippen LogP contribution in [0.1, 0.15) is 17.7 Å². The van der Waals surface area contributed by atoms with Crippen LogP contribution in [0.5, 0.6) is 0 Å². The molecule has 0 aliphatic heterocycles. The minimum atomic E-state index is -0.392. The molecule has 0 aliphatic carbocycles. The van der Waals surface area contributed by atoms with Crippen LogP contribution in [0.15, 0.2) is 54.2 Å². The third kappa shape index (κ3) is 4.54. The van der Waals surface area contributed by atoms with E-state index in [0.717, 1.165) is 10.7 Å². The number of thioether (sulfide) groups is 1. The fraction of sp³-hybridized carbons (Fsp3) is 0.188. The number of hydrogen-bond acceptors (Lipinski definition) is 6. The molecule has 2 amide bonds. The van der Waals surface area contributed by atoms with Gasteiger partial charge in [-0.05, 0) is 36.8 Å². The highest BCUT2D eigenvalue weighted by atomic mass is 32.2. The SMILES string of the molecule is CC(Sc1nncn1C)c1ccnc(NC(=O)Nc2ccccn2)c1. The Hall–Kier alpha value is -2.94. The van der Waals surface area contributed by atoms with Crippen molar-refractivity contribution >= 4 is 29.4 Å². The molecule has 9 heteroatoms. The van der Waals surface area contributed by atoms with E-state index in [1.54, 1.807) is 48.7 Å². The zero-order valence-corrected chi connectivity index (χ0v) is 14.6. The monoisotopic (exact) mass is 355 g/mol. The average molecular weight is 355 g/mol. The van der Waals surface area contributed by atoms with Crippen molar-refractivity contribution in [2.24, 2.45) is 7.05 Å². The van der Waals surface area contributed by atoms with Gasteiger partial charge in [-0.25, -0.2) is 14.8 Å². The quantitative estimate of drug-likeness (QED) is 0.683. The van der Waals surface area contributed by atoms with E-state index in [9.17, 15) is 4.79 Å². The molecule has 0 radical (unpaired) electrons. The highest BCUT2D eigenvalue weighted by Gasteiger charge is 2.13. The van der Waals surface area contributed by atoms with Crippen LogP contribution in [-0.4, -0.2) is 30.8 Å². The van der Waals surface area contributed by atoms with Crippen LogP contribution in [-0.2, 0) is 7.05 Å². The number of nitrogens with zero attached hydrogens (tertiary/aromatic N) is 5. The predicted molar refractivity (Wildman–Crippen MR) is 96.4 cm³/mol. The van der Waals surface area contributed by atoms with Crippen LogP contribution in [0, 0.1) is 0 Å². The number of urea groups is 1. The maximum absolute atomic E-state index is 12.0. The summed E-state index contributed by atoms with van der Waals surface area (Å²) < 4.78 is 1.86. The van der Waals surface area contributed by atoms with Gasteiger partial charge in [0.15, 0.2) is 5.16 Å². The summed E-state index contributed by atoms with van der Waals surface area (Å²) in [6, 6.07) is 8.65. The molecule has 1 atom stereocenters. The van der Waals surface area contributed by atoms with Crippen LogP contribution in [0.4, 0.5) is 16.4 Å². The molecular formula is C16H17N7OS. The van der Waals surface area contributed by atoms with Crippen molar-refractivity contribution in [3.8, 4) is 0 Å². The van der Waals surface area contributed by atoms with E-state index in [1.807, 2.05) is 23.7 Å². The van der Waals surface area contributed by atoms with Gasteiger partial charge in [-0.3, -0.25) is 10.6 Å². The summed E-state index contributed by atoms with van der Waals surface area (Å²) in [7, 11) is 1.90. The maximum Gasteiger partial charge on any atom is 0.326 e. The molecule has 1 unspecified atom stereocenters. The minimum Gasteiger partial charge on any atom is -0.312 e. The highest BCUT2D eigenvalue weighted by Crippen LogP contribution is 2.33. The van der Waals surface area contributed by atoms with Gasteiger partial charge < -0.3 is 4.57 Å². The van der Waals surface area contributed by atoms with Crippen LogP contribution < -0.4 is 10.6 Å². The lowest BCUT2D eigenvalue weighted by Crippen LogP contribution is -2.20. The Morgan fingerprint density at radius 1 is 1.16 bits per heavy atom. The Bertz CT molecular complexity index is 852. The fourth-order valence-corrected chi connectivity index (χ4v) is 2.98. The average Bonchev–Trinajstić information content (AvgIpc) is 3.00. The Morgan fingerprint density at radius 3 is 2.68 bits per heavy atom. The molecule has 0 aliphatic rings. The highest BCUT2D eigenvalue weighted by molar-refractivity contribution is 7.99. The summed E-state index contributed by atoms with van der Waals surface area (Å²) in [5.41, 5.74) is 1.02. The van der Waals surface area contributed by atoms with Gasteiger partial charge in [0.1, 0.15) is 18.0 Å². The molecule has 25 heavy (non-hydrogen) atoms. The fourth-order valence-electron chi connectivity index (χ4n) is 2.07. The molecule has 0 bridgehead atoms. The standard InChI is InChI=1S/C16H17N7OS/c1-11(25-16-22-19-10-23(16)2)12-6-8-18-14(9-12)21-15(24)20-13-5-3-4-7-17-13/h3-11H,1-2H3,(H2,17,18,20,21,24). The number of amides is 2. The van der Waals surface area contributed by atoms with Crippen molar-refractivity contribution in [3.63, 3.8) is 0 Å². The van der Waals surface area contributed by atoms with Gasteiger partial charge in [-0.15, -0.1) is 10.2 Å². The van der Waals surface area contributed by atoms with Crippen molar-refractivity contribution < 1.29 is 4.79 Å². The van der Waals surface area contributed by atoms with Crippen molar-refractivity contribution in [1.29, 1.82) is 0 Å². The lowest BCUT2D eigenvalue weighted by Gasteiger charge is -2.12. The largest absolute Gasteiger partial charge is 0.326 e. The molecule has 8 nitrogen and oxygen atoms in total. The summed E-state index contributed by atoms with van der Waals surface area (Å²) in [5, 5.41) is 14.3. The molecule has 2 N–H and O–H groups in total. The van der Waals surface area contributed by atoms with Gasteiger partial charge in [0, 0.05) is 24.7 Å². The zero-order valence-electron chi connectivity index (χ0n) is 13.7. The molecule has 0 aromatic carbocycles. The first-order valence-electron chi connectivity index (χ1n) is 7.57. The normalized spacial score (nSPS) is 11.8. The van der Waals surface area contributed by atoms with Gasteiger partial charge >= 0.3 is 6.03 Å². The number of hydrogen-bond donors (Lipinski definition) is 2. The number of carbonyl (C=O) groups is 1. The van der Waals surface area contributed by atoms with Crippen LogP contribution in [0.2, 0.25) is 0 Å². The van der Waals surface area contributed by atoms with E-state index in [-0.39, 0.29) is 5.25 Å². The van der Waals surface area contributed by atoms with Crippen LogP contribution >= 0.6 is 11.8 Å². The second kappa shape index (κ2) is 7.75. The molecule has 0 fully saturated rings. The second-order valence-corrected chi connectivity index (χ2v) is 6.56. The Kier molecular flexibility index (Phi) is 5.24. The summed E-state index contributed by atoms with van der Waals surface area (Å²) in [5.74, 6) is 0.943. The van der Waals surface area contributed by atoms with Gasteiger partial charge in [-0.1, -0.05) is 17.8 Å². The van der Waals surface area contributed by atoms with Crippen molar-refractivity contribution in [1.82, 2.24) is 24.7 Å². The minimum absolute atomic E-state index is 0.130. The Labute approximate surface area is 149 Å². The van der Waals surface area contributed by atoms with Crippen LogP contribution in [0.3, 0.4) is 0 Å². The van der Waals surface area contributed by atoms with Crippen molar-refractivity contribution in [2.45, 2.75) is 17.3 Å². The molecule has 3 aromatic heterocycles. The van der Waals surface area contributed by atoms with Gasteiger partial charge in [-0.2, -0.15) is 0 Å². The van der Waals surface area contributed by atoms with E-state index in [2.05, 4.69) is 37.7 Å². The first-order valence-corrected chi connectivity index (χ1v) is 8.45. The summed E-state index contributed by atoms with van der Waals surface area (Å²) in [6.07, 6.45) is 4.94. The van der Waals surface area contributed by atoms with Crippen molar-refractivity contribution in [2.75, 3.05) is 10.6 Å². The Morgan fingerprint density at radius 2 is 1.96 bits per heavy atom. The molecule has 0 saturated carbocycles. The molecular weight excluding hydrogens is 338 g/mol. The maximum atomic E-state index is 12.0. The summed E-state index contributed by atoms with van der Waals surface area (Å²) in [6.45, 7) is 2.06. The van der Waals surface area contributed by atoms with E-state index in [4.69, 9.17) is 0 Å². The van der Waals surface area contributed by atoms with Crippen LogP contribution in [0.25, 0.3) is 0 Å². The zero-order chi connectivity index (χ0) is 17.6. The smallest absolute Gasteiger partial charge is 0.312 e. The number of anilines is 2. The molecule has 3 rings (SSSR count). The van der Waals surface area contributed by atoms with Gasteiger partial charge in [0.2, 0.25) is 0 Å². The summed E-state index contributed by atoms with van der Waals surface area (Å²) >= 11 is 1.58. The Balaban J connectivity index is 1.64. The molecule has 0 spiro atoms. The number of carbonyl (C=O) groups excluding carboxylic acids is 1. The third-order valence-corrected chi connectivity index (χ3v) is 4.56. The molecule has 0 saturated heterocycles. The summed E-state index contributed by atoms with van der Waals surface area (Å²) in [4.78, 5) is 20.3. The number of rotatable bonds is 5. The third-order valence-electron chi connectivity index (χ3n) is 3.35. The van der Waals surface area contributed by atoms with Crippen molar-refractivity contribution in [3.05, 3.63) is 54.6 Å². The molecule has 3 aromatic rings. The number of pyridine rings is 2. The van der Waals surface area contributed by atoms with E-state index < -0.39 is 6.03 Å². The van der Waals surface area contributed by atoms with Gasteiger partial charge in [0.05, 0.1) is 0 Å². The molecule has 3 heterocycles. The molecule has 128 valence electrons. The second-order valence-electron chi connectivity index (χ2n) is 5.25. The predicted octanol–water partition coefficient (Wildman–Crippen LogP) is 3.10. The lowest BCUT2D eigenvalue weighted by atomic mass is 10.2. The number of aryl methyl sites for hydroxylation is 1. The number of aromatic nitrogens is 5. The van der Waals surface area contributed by atoms with E-state index in [0.29, 0.717) is 11.6 Å². The topological polar surface area (TPSA) is 97.6 Å². The van der Waals surface area contributed by atoms with E-state index in [1.165, 1.54) is 0 Å². The lowest BCUT2D eigenvalue weighted by molar-refractivity contribution is 0.262.